The number of hydrogen-bond acceptors (Lipinski definition) is 4. The predicted octanol–water partition coefficient (Wildman–Crippen LogP) is 2.05. The van der Waals surface area contributed by atoms with Gasteiger partial charge in [-0.2, -0.15) is 4.98 Å². The minimum Gasteiger partial charge on any atom is -0.454 e. The number of imidazole rings is 1. The zero-order valence-corrected chi connectivity index (χ0v) is 12.6. The maximum absolute atomic E-state index is 6.35. The van der Waals surface area contributed by atoms with Gasteiger partial charge in [-0.1, -0.05) is 0 Å². The van der Waals surface area contributed by atoms with E-state index in [0.29, 0.717) is 5.92 Å². The van der Waals surface area contributed by atoms with Gasteiger partial charge in [0.25, 0.3) is 6.01 Å². The van der Waals surface area contributed by atoms with Crippen molar-refractivity contribution < 1.29 is 4.74 Å². The van der Waals surface area contributed by atoms with Gasteiger partial charge in [0.1, 0.15) is 11.1 Å². The van der Waals surface area contributed by atoms with E-state index < -0.39 is 0 Å². The lowest BCUT2D eigenvalue weighted by molar-refractivity contribution is -0.0832. The molecule has 3 saturated heterocycles. The highest BCUT2D eigenvalue weighted by Gasteiger charge is 2.53. The number of ether oxygens (including phenoxy) is 1. The number of pyridine rings is 1. The fourth-order valence-corrected chi connectivity index (χ4v) is 4.41. The maximum atomic E-state index is 6.35. The molecular weight excluding hydrogens is 320 g/mol. The highest BCUT2D eigenvalue weighted by molar-refractivity contribution is 9.10. The lowest BCUT2D eigenvalue weighted by Crippen LogP contribution is -2.61. The second-order valence-electron chi connectivity index (χ2n) is 6.19. The second-order valence-corrected chi connectivity index (χ2v) is 7.11. The quantitative estimate of drug-likeness (QED) is 0.739. The van der Waals surface area contributed by atoms with Crippen LogP contribution in [-0.2, 0) is 6.54 Å². The van der Waals surface area contributed by atoms with Gasteiger partial charge in [-0.3, -0.25) is 9.47 Å². The van der Waals surface area contributed by atoms with E-state index in [1.165, 1.54) is 25.9 Å². The molecule has 4 aliphatic heterocycles. The summed E-state index contributed by atoms with van der Waals surface area (Å²) in [6.45, 7) is 4.39. The molecule has 1 unspecified atom stereocenters. The molecular formula is C14H15BrN4O. The van der Waals surface area contributed by atoms with E-state index in [9.17, 15) is 0 Å². The Balaban J connectivity index is 1.59. The summed E-state index contributed by atoms with van der Waals surface area (Å²) in [6, 6.07) is 2.75. The number of halogens is 1. The van der Waals surface area contributed by atoms with E-state index in [1.54, 1.807) is 0 Å². The summed E-state index contributed by atoms with van der Waals surface area (Å²) >= 11 is 3.44. The highest BCUT2D eigenvalue weighted by Crippen LogP contribution is 2.44. The van der Waals surface area contributed by atoms with Crippen molar-refractivity contribution in [3.8, 4) is 6.01 Å². The predicted molar refractivity (Wildman–Crippen MR) is 77.8 cm³/mol. The van der Waals surface area contributed by atoms with E-state index in [2.05, 4.69) is 35.4 Å². The van der Waals surface area contributed by atoms with Crippen LogP contribution in [0.5, 0.6) is 6.01 Å². The topological polar surface area (TPSA) is 43.2 Å². The van der Waals surface area contributed by atoms with Crippen LogP contribution in [0.1, 0.15) is 12.8 Å². The van der Waals surface area contributed by atoms with Gasteiger partial charge in [-0.15, -0.1) is 0 Å². The Morgan fingerprint density at radius 1 is 1.30 bits per heavy atom. The van der Waals surface area contributed by atoms with Gasteiger partial charge in [0, 0.05) is 23.1 Å². The van der Waals surface area contributed by atoms with Gasteiger partial charge in [0.05, 0.1) is 6.54 Å². The lowest BCUT2D eigenvalue weighted by Gasteiger charge is -2.50. The largest absolute Gasteiger partial charge is 0.454 e. The molecule has 4 aliphatic rings. The molecule has 0 radical (unpaired) electrons. The van der Waals surface area contributed by atoms with Crippen molar-refractivity contribution in [2.24, 2.45) is 5.92 Å². The van der Waals surface area contributed by atoms with Crippen LogP contribution in [0.2, 0.25) is 0 Å². The molecule has 20 heavy (non-hydrogen) atoms. The fourth-order valence-electron chi connectivity index (χ4n) is 4.09. The fraction of sp³-hybridized carbons (Fsp3) is 0.571. The SMILES string of the molecule is Brc1cnc2c(c1)nc1n2CC2(CN3CCC2CC3)O1. The van der Waals surface area contributed by atoms with E-state index in [0.717, 1.165) is 34.7 Å². The van der Waals surface area contributed by atoms with Gasteiger partial charge >= 0.3 is 0 Å². The van der Waals surface area contributed by atoms with Gasteiger partial charge in [0.15, 0.2) is 5.65 Å². The van der Waals surface area contributed by atoms with Crippen LogP contribution in [0.4, 0.5) is 0 Å². The van der Waals surface area contributed by atoms with Crippen molar-refractivity contribution in [2.45, 2.75) is 25.0 Å². The van der Waals surface area contributed by atoms with Crippen LogP contribution >= 0.6 is 15.9 Å². The van der Waals surface area contributed by atoms with Crippen LogP contribution < -0.4 is 4.74 Å². The van der Waals surface area contributed by atoms with Crippen LogP contribution in [-0.4, -0.2) is 44.7 Å². The molecule has 0 N–H and O–H groups in total. The van der Waals surface area contributed by atoms with Gasteiger partial charge in [0.2, 0.25) is 0 Å². The average Bonchev–Trinajstić information content (AvgIpc) is 2.93. The van der Waals surface area contributed by atoms with E-state index in [-0.39, 0.29) is 5.60 Å². The molecule has 0 amide bonds. The van der Waals surface area contributed by atoms with Crippen LogP contribution in [0.25, 0.3) is 11.2 Å². The van der Waals surface area contributed by atoms with Crippen LogP contribution in [0, 0.1) is 5.92 Å². The van der Waals surface area contributed by atoms with E-state index in [4.69, 9.17) is 4.74 Å². The molecule has 2 bridgehead atoms. The number of piperidine rings is 3. The molecule has 2 aromatic heterocycles. The van der Waals surface area contributed by atoms with Crippen molar-refractivity contribution in [1.29, 1.82) is 0 Å². The molecule has 6 heterocycles. The van der Waals surface area contributed by atoms with Gasteiger partial charge in [-0.25, -0.2) is 4.98 Å². The lowest BCUT2D eigenvalue weighted by atomic mass is 9.75. The molecule has 0 aliphatic carbocycles. The number of hydrogen-bond donors (Lipinski definition) is 0. The number of fused-ring (bicyclic) bond motifs is 5. The average molecular weight is 335 g/mol. The monoisotopic (exact) mass is 334 g/mol. The Bertz CT molecular complexity index is 707. The summed E-state index contributed by atoms with van der Waals surface area (Å²) in [5, 5.41) is 0. The van der Waals surface area contributed by atoms with Crippen molar-refractivity contribution >= 4 is 27.1 Å². The smallest absolute Gasteiger partial charge is 0.299 e. The van der Waals surface area contributed by atoms with Crippen molar-refractivity contribution in [3.05, 3.63) is 16.7 Å². The molecule has 3 fully saturated rings. The normalized spacial score (nSPS) is 34.6. The first kappa shape index (κ1) is 11.5. The summed E-state index contributed by atoms with van der Waals surface area (Å²) in [5.41, 5.74) is 1.80. The summed E-state index contributed by atoms with van der Waals surface area (Å²) in [5.74, 6) is 0.666. The molecule has 104 valence electrons. The first-order chi connectivity index (χ1) is 9.73. The number of aromatic nitrogens is 3. The summed E-state index contributed by atoms with van der Waals surface area (Å²) in [4.78, 5) is 11.7. The van der Waals surface area contributed by atoms with E-state index in [1.807, 2.05) is 12.3 Å². The first-order valence-electron chi connectivity index (χ1n) is 7.17. The number of rotatable bonds is 0. The Hall–Kier alpha value is -1.14. The summed E-state index contributed by atoms with van der Waals surface area (Å²) in [6.07, 6.45) is 4.34. The second kappa shape index (κ2) is 3.74. The molecule has 1 spiro atoms. The minimum atomic E-state index is -0.0538. The van der Waals surface area contributed by atoms with E-state index >= 15 is 0 Å². The zero-order chi connectivity index (χ0) is 13.3. The third kappa shape index (κ3) is 1.41. The van der Waals surface area contributed by atoms with Crippen molar-refractivity contribution in [2.75, 3.05) is 19.6 Å². The third-order valence-electron chi connectivity index (χ3n) is 5.06. The summed E-state index contributed by atoms with van der Waals surface area (Å²) < 4.78 is 9.46. The third-order valence-corrected chi connectivity index (χ3v) is 5.49. The molecule has 0 aromatic carbocycles. The Kier molecular flexibility index (Phi) is 2.15. The number of nitrogens with zero attached hydrogens (tertiary/aromatic N) is 4. The standard InChI is InChI=1S/C14H15BrN4O/c15-10-5-11-12(16-6-10)19-8-14(20-13(19)17-11)7-18-3-1-9(14)2-4-18/h5-6,9H,1-4,7-8H2. The summed E-state index contributed by atoms with van der Waals surface area (Å²) in [7, 11) is 0. The molecule has 5 nitrogen and oxygen atoms in total. The van der Waals surface area contributed by atoms with Gasteiger partial charge < -0.3 is 4.74 Å². The first-order valence-corrected chi connectivity index (χ1v) is 7.96. The Labute approximate surface area is 125 Å². The van der Waals surface area contributed by atoms with Crippen molar-refractivity contribution in [1.82, 2.24) is 19.4 Å². The molecule has 1 atom stereocenters. The maximum Gasteiger partial charge on any atom is 0.299 e. The van der Waals surface area contributed by atoms with Crippen LogP contribution in [0.3, 0.4) is 0 Å². The Morgan fingerprint density at radius 3 is 2.90 bits per heavy atom. The molecule has 6 heteroatoms. The Morgan fingerprint density at radius 2 is 2.15 bits per heavy atom. The minimum absolute atomic E-state index is 0.0538. The van der Waals surface area contributed by atoms with Crippen LogP contribution in [0.15, 0.2) is 16.7 Å². The zero-order valence-electron chi connectivity index (χ0n) is 11.0. The van der Waals surface area contributed by atoms with Crippen molar-refractivity contribution in [3.63, 3.8) is 0 Å². The molecule has 6 rings (SSSR count). The molecule has 0 saturated carbocycles. The molecule has 2 aromatic rings. The van der Waals surface area contributed by atoms with Gasteiger partial charge in [-0.05, 0) is 47.9 Å². The highest BCUT2D eigenvalue weighted by atomic mass is 79.9.